The van der Waals surface area contributed by atoms with E-state index in [1.165, 1.54) is 0 Å². The molecule has 1 heterocycles. The van der Waals surface area contributed by atoms with Crippen molar-refractivity contribution in [1.82, 2.24) is 15.5 Å². The summed E-state index contributed by atoms with van der Waals surface area (Å²) in [6.07, 6.45) is 0. The fourth-order valence-corrected chi connectivity index (χ4v) is 4.02. The summed E-state index contributed by atoms with van der Waals surface area (Å²) in [5.41, 5.74) is 1.52. The maximum Gasteiger partial charge on any atom is 0.230 e. The number of aryl methyl sites for hydroxylation is 1. The third-order valence-corrected chi connectivity index (χ3v) is 5.75. The Bertz CT molecular complexity index is 926. The van der Waals surface area contributed by atoms with Gasteiger partial charge in [-0.25, -0.2) is 0 Å². The zero-order chi connectivity index (χ0) is 20.1. The van der Waals surface area contributed by atoms with Gasteiger partial charge in [-0.05, 0) is 37.1 Å². The van der Waals surface area contributed by atoms with Crippen LogP contribution in [0.1, 0.15) is 41.9 Å². The molecule has 1 aromatic heterocycles. The molecule has 2 aromatic carbocycles. The third-order valence-electron chi connectivity index (χ3n) is 4.19. The second-order valence-electron chi connectivity index (χ2n) is 6.96. The SMILES string of the molecule is Cc1nc(C(C)(C)NC(=O)CSC(c2ccccc2)c2ccc(Cl)cc2)no1. The molecule has 1 atom stereocenters. The van der Waals surface area contributed by atoms with E-state index < -0.39 is 5.54 Å². The number of benzene rings is 2. The molecule has 146 valence electrons. The Balaban J connectivity index is 1.71. The molecule has 0 aliphatic carbocycles. The molecule has 0 aliphatic heterocycles. The van der Waals surface area contributed by atoms with Gasteiger partial charge in [0.05, 0.1) is 16.5 Å². The molecule has 0 spiro atoms. The summed E-state index contributed by atoms with van der Waals surface area (Å²) in [6.45, 7) is 5.43. The molecule has 0 bridgehead atoms. The summed E-state index contributed by atoms with van der Waals surface area (Å²) in [7, 11) is 0. The number of hydrogen-bond acceptors (Lipinski definition) is 5. The highest BCUT2D eigenvalue weighted by molar-refractivity contribution is 8.00. The van der Waals surface area contributed by atoms with E-state index >= 15 is 0 Å². The monoisotopic (exact) mass is 415 g/mol. The Kier molecular flexibility index (Phi) is 6.42. The molecule has 3 rings (SSSR count). The van der Waals surface area contributed by atoms with Crippen molar-refractivity contribution in [3.63, 3.8) is 0 Å². The van der Waals surface area contributed by atoms with Gasteiger partial charge in [-0.15, -0.1) is 11.8 Å². The number of halogens is 1. The number of carbonyl (C=O) groups is 1. The van der Waals surface area contributed by atoms with Crippen molar-refractivity contribution in [3.8, 4) is 0 Å². The van der Waals surface area contributed by atoms with E-state index in [2.05, 4.69) is 27.6 Å². The van der Waals surface area contributed by atoms with Crippen LogP contribution in [0.5, 0.6) is 0 Å². The van der Waals surface area contributed by atoms with Crippen LogP contribution in [0.3, 0.4) is 0 Å². The van der Waals surface area contributed by atoms with E-state index in [0.29, 0.717) is 22.5 Å². The van der Waals surface area contributed by atoms with Gasteiger partial charge in [-0.2, -0.15) is 4.98 Å². The van der Waals surface area contributed by atoms with Crippen molar-refractivity contribution >= 4 is 29.3 Å². The number of rotatable bonds is 7. The fourth-order valence-electron chi connectivity index (χ4n) is 2.80. The van der Waals surface area contributed by atoms with Gasteiger partial charge in [0.25, 0.3) is 0 Å². The summed E-state index contributed by atoms with van der Waals surface area (Å²) in [6, 6.07) is 17.8. The van der Waals surface area contributed by atoms with Crippen molar-refractivity contribution in [2.75, 3.05) is 5.75 Å². The Morgan fingerprint density at radius 3 is 2.39 bits per heavy atom. The van der Waals surface area contributed by atoms with E-state index in [1.54, 1.807) is 18.7 Å². The highest BCUT2D eigenvalue weighted by Crippen LogP contribution is 2.36. The van der Waals surface area contributed by atoms with Crippen LogP contribution in [-0.4, -0.2) is 21.8 Å². The maximum atomic E-state index is 12.6. The number of carbonyl (C=O) groups excluding carboxylic acids is 1. The largest absolute Gasteiger partial charge is 0.343 e. The van der Waals surface area contributed by atoms with E-state index in [1.807, 2.05) is 56.3 Å². The summed E-state index contributed by atoms with van der Waals surface area (Å²) < 4.78 is 5.03. The normalized spacial score (nSPS) is 12.6. The Hall–Kier alpha value is -2.31. The Morgan fingerprint density at radius 1 is 1.14 bits per heavy atom. The van der Waals surface area contributed by atoms with Gasteiger partial charge in [0.2, 0.25) is 11.8 Å². The number of hydrogen-bond donors (Lipinski definition) is 1. The minimum atomic E-state index is -0.710. The van der Waals surface area contributed by atoms with Crippen LogP contribution < -0.4 is 5.32 Å². The number of thioether (sulfide) groups is 1. The van der Waals surface area contributed by atoms with Crippen LogP contribution in [0.25, 0.3) is 0 Å². The number of nitrogens with zero attached hydrogens (tertiary/aromatic N) is 2. The average molecular weight is 416 g/mol. The van der Waals surface area contributed by atoms with E-state index in [-0.39, 0.29) is 11.2 Å². The lowest BCUT2D eigenvalue weighted by Gasteiger charge is -2.23. The molecule has 0 saturated heterocycles. The molecule has 1 N–H and O–H groups in total. The smallest absolute Gasteiger partial charge is 0.230 e. The highest BCUT2D eigenvalue weighted by Gasteiger charge is 2.28. The molecule has 1 unspecified atom stereocenters. The molecular formula is C21H22ClN3O2S. The van der Waals surface area contributed by atoms with Gasteiger partial charge in [0, 0.05) is 11.9 Å². The predicted molar refractivity (Wildman–Crippen MR) is 112 cm³/mol. The van der Waals surface area contributed by atoms with Crippen LogP contribution in [0.2, 0.25) is 5.02 Å². The topological polar surface area (TPSA) is 68.0 Å². The van der Waals surface area contributed by atoms with Crippen molar-refractivity contribution in [1.29, 1.82) is 0 Å². The van der Waals surface area contributed by atoms with E-state index in [0.717, 1.165) is 11.1 Å². The zero-order valence-corrected chi connectivity index (χ0v) is 17.6. The first-order chi connectivity index (χ1) is 13.3. The maximum absolute atomic E-state index is 12.6. The van der Waals surface area contributed by atoms with Crippen LogP contribution in [0.15, 0.2) is 59.1 Å². The molecule has 3 aromatic rings. The minimum Gasteiger partial charge on any atom is -0.343 e. The summed E-state index contributed by atoms with van der Waals surface area (Å²) in [5.74, 6) is 1.13. The van der Waals surface area contributed by atoms with Gasteiger partial charge in [0.15, 0.2) is 5.82 Å². The van der Waals surface area contributed by atoms with Crippen molar-refractivity contribution in [3.05, 3.63) is 82.5 Å². The van der Waals surface area contributed by atoms with Crippen LogP contribution in [0.4, 0.5) is 0 Å². The minimum absolute atomic E-state index is 0.0275. The third kappa shape index (κ3) is 5.14. The van der Waals surface area contributed by atoms with Crippen LogP contribution in [-0.2, 0) is 10.3 Å². The second kappa shape index (κ2) is 8.80. The van der Waals surface area contributed by atoms with Gasteiger partial charge in [0.1, 0.15) is 0 Å². The molecule has 0 aliphatic rings. The standard InChI is InChI=1S/C21H22ClN3O2S/c1-14-23-20(25-27-14)21(2,3)24-18(26)13-28-19(15-7-5-4-6-8-15)16-9-11-17(22)12-10-16/h4-12,19H,13H2,1-3H3,(H,24,26). The second-order valence-corrected chi connectivity index (χ2v) is 8.49. The summed E-state index contributed by atoms with van der Waals surface area (Å²) in [4.78, 5) is 16.8. The fraction of sp³-hybridized carbons (Fsp3) is 0.286. The first-order valence-corrected chi connectivity index (χ1v) is 10.3. The highest BCUT2D eigenvalue weighted by atomic mass is 35.5. The lowest BCUT2D eigenvalue weighted by molar-refractivity contribution is -0.120. The lowest BCUT2D eigenvalue weighted by atomic mass is 10.0. The number of aromatic nitrogens is 2. The molecule has 28 heavy (non-hydrogen) atoms. The van der Waals surface area contributed by atoms with Crippen molar-refractivity contribution in [2.45, 2.75) is 31.6 Å². The van der Waals surface area contributed by atoms with Gasteiger partial charge >= 0.3 is 0 Å². The summed E-state index contributed by atoms with van der Waals surface area (Å²) >= 11 is 7.60. The number of nitrogens with one attached hydrogen (secondary N) is 1. The van der Waals surface area contributed by atoms with Crippen molar-refractivity contribution in [2.24, 2.45) is 0 Å². The molecule has 7 heteroatoms. The first-order valence-electron chi connectivity index (χ1n) is 8.89. The van der Waals surface area contributed by atoms with Gasteiger partial charge in [-0.1, -0.05) is 59.2 Å². The number of amides is 1. The molecular weight excluding hydrogens is 394 g/mol. The molecule has 5 nitrogen and oxygen atoms in total. The Labute approximate surface area is 173 Å². The molecule has 0 saturated carbocycles. The van der Waals surface area contributed by atoms with Crippen LogP contribution >= 0.6 is 23.4 Å². The van der Waals surface area contributed by atoms with Gasteiger partial charge in [-0.3, -0.25) is 4.79 Å². The lowest BCUT2D eigenvalue weighted by Crippen LogP contribution is -2.42. The summed E-state index contributed by atoms with van der Waals surface area (Å²) in [5, 5.41) is 7.62. The molecule has 1 amide bonds. The first kappa shape index (κ1) is 20.4. The van der Waals surface area contributed by atoms with Crippen LogP contribution in [0, 0.1) is 6.92 Å². The van der Waals surface area contributed by atoms with E-state index in [9.17, 15) is 4.79 Å². The van der Waals surface area contributed by atoms with Crippen molar-refractivity contribution < 1.29 is 9.32 Å². The zero-order valence-electron chi connectivity index (χ0n) is 16.0. The van der Waals surface area contributed by atoms with E-state index in [4.69, 9.17) is 16.1 Å². The molecule has 0 radical (unpaired) electrons. The molecule has 0 fully saturated rings. The van der Waals surface area contributed by atoms with Gasteiger partial charge < -0.3 is 9.84 Å². The Morgan fingerprint density at radius 2 is 1.79 bits per heavy atom. The average Bonchev–Trinajstić information content (AvgIpc) is 3.11. The quantitative estimate of drug-likeness (QED) is 0.594. The predicted octanol–water partition coefficient (Wildman–Crippen LogP) is 4.91.